The van der Waals surface area contributed by atoms with Crippen LogP contribution in [0.4, 0.5) is 0 Å². The van der Waals surface area contributed by atoms with Crippen molar-refractivity contribution >= 4 is 30.7 Å². The van der Waals surface area contributed by atoms with Crippen molar-refractivity contribution in [3.05, 3.63) is 35.4 Å². The Kier molecular flexibility index (Phi) is 11.3. The van der Waals surface area contributed by atoms with E-state index in [9.17, 15) is 4.79 Å². The first-order valence-corrected chi connectivity index (χ1v) is 9.69. The average molecular weight is 417 g/mol. The smallest absolute Gasteiger partial charge is 0.234 e. The summed E-state index contributed by atoms with van der Waals surface area (Å²) in [6.45, 7) is 6.61. The number of halogens is 2. The molecular formula is C20H34Cl2N4O. The van der Waals surface area contributed by atoms with E-state index in [1.807, 2.05) is 7.05 Å². The molecule has 1 amide bonds. The molecule has 3 rings (SSSR count). The largest absolute Gasteiger partial charge is 0.351 e. The highest BCUT2D eigenvalue weighted by Crippen LogP contribution is 2.13. The number of amides is 1. The summed E-state index contributed by atoms with van der Waals surface area (Å²) in [5.41, 5.74) is 2.54. The van der Waals surface area contributed by atoms with E-state index in [0.717, 1.165) is 26.1 Å². The maximum Gasteiger partial charge on any atom is 0.234 e. The number of piperidine rings is 1. The Morgan fingerprint density at radius 2 is 1.63 bits per heavy atom. The normalized spacial score (nSPS) is 20.6. The molecule has 2 N–H and O–H groups in total. The van der Waals surface area contributed by atoms with Gasteiger partial charge in [0.2, 0.25) is 5.91 Å². The van der Waals surface area contributed by atoms with Crippen LogP contribution in [0.5, 0.6) is 0 Å². The summed E-state index contributed by atoms with van der Waals surface area (Å²) in [5.74, 6) is 0.123. The molecule has 2 heterocycles. The molecule has 2 fully saturated rings. The molecule has 0 radical (unpaired) electrons. The van der Waals surface area contributed by atoms with Crippen molar-refractivity contribution in [1.29, 1.82) is 0 Å². The predicted octanol–water partition coefficient (Wildman–Crippen LogP) is 2.43. The topological polar surface area (TPSA) is 47.6 Å². The molecule has 7 heteroatoms. The van der Waals surface area contributed by atoms with Gasteiger partial charge in [-0.05, 0) is 63.5 Å². The van der Waals surface area contributed by atoms with Crippen molar-refractivity contribution in [3.63, 3.8) is 0 Å². The highest BCUT2D eigenvalue weighted by molar-refractivity contribution is 5.85. The fraction of sp³-hybridized carbons (Fsp3) is 0.650. The SMILES string of the molecule is CNC1CCCN(CC(=O)NCc2ccc(CN3CCCC3)cc2)C1.Cl.Cl. The van der Waals surface area contributed by atoms with Crippen molar-refractivity contribution < 1.29 is 4.79 Å². The zero-order valence-electron chi connectivity index (χ0n) is 16.3. The van der Waals surface area contributed by atoms with Gasteiger partial charge in [-0.15, -0.1) is 24.8 Å². The lowest BCUT2D eigenvalue weighted by Gasteiger charge is -2.31. The molecule has 0 bridgehead atoms. The maximum atomic E-state index is 12.2. The van der Waals surface area contributed by atoms with E-state index in [1.54, 1.807) is 0 Å². The number of rotatable bonds is 7. The summed E-state index contributed by atoms with van der Waals surface area (Å²) in [4.78, 5) is 17.0. The quantitative estimate of drug-likeness (QED) is 0.716. The lowest BCUT2D eigenvalue weighted by atomic mass is 10.1. The molecule has 0 aromatic heterocycles. The third-order valence-electron chi connectivity index (χ3n) is 5.40. The minimum absolute atomic E-state index is 0. The highest BCUT2D eigenvalue weighted by Gasteiger charge is 2.20. The van der Waals surface area contributed by atoms with E-state index in [0.29, 0.717) is 19.1 Å². The molecule has 27 heavy (non-hydrogen) atoms. The van der Waals surface area contributed by atoms with Gasteiger partial charge in [0.25, 0.3) is 0 Å². The number of likely N-dealkylation sites (tertiary alicyclic amines) is 2. The first kappa shape index (κ1) is 24.2. The van der Waals surface area contributed by atoms with E-state index in [4.69, 9.17) is 0 Å². The molecule has 1 aromatic carbocycles. The third-order valence-corrected chi connectivity index (χ3v) is 5.40. The average Bonchev–Trinajstić information content (AvgIpc) is 3.14. The van der Waals surface area contributed by atoms with Gasteiger partial charge in [0.05, 0.1) is 6.54 Å². The van der Waals surface area contributed by atoms with Crippen LogP contribution in [0.25, 0.3) is 0 Å². The van der Waals surface area contributed by atoms with Crippen LogP contribution >= 0.6 is 24.8 Å². The van der Waals surface area contributed by atoms with Crippen LogP contribution in [0.15, 0.2) is 24.3 Å². The molecule has 1 aromatic rings. The van der Waals surface area contributed by atoms with E-state index in [2.05, 4.69) is 44.7 Å². The van der Waals surface area contributed by atoms with Gasteiger partial charge >= 0.3 is 0 Å². The van der Waals surface area contributed by atoms with Crippen molar-refractivity contribution in [1.82, 2.24) is 20.4 Å². The molecule has 0 saturated carbocycles. The van der Waals surface area contributed by atoms with Crippen molar-refractivity contribution in [2.45, 2.75) is 44.8 Å². The lowest BCUT2D eigenvalue weighted by molar-refractivity contribution is -0.122. The zero-order valence-corrected chi connectivity index (χ0v) is 17.9. The first-order chi connectivity index (χ1) is 12.2. The Hall–Kier alpha value is -0.850. The Morgan fingerprint density at radius 1 is 1.00 bits per heavy atom. The minimum atomic E-state index is 0. The maximum absolute atomic E-state index is 12.2. The monoisotopic (exact) mass is 416 g/mol. The Labute approximate surface area is 176 Å². The molecule has 2 aliphatic rings. The summed E-state index contributed by atoms with van der Waals surface area (Å²) in [5, 5.41) is 6.38. The van der Waals surface area contributed by atoms with E-state index < -0.39 is 0 Å². The van der Waals surface area contributed by atoms with Gasteiger partial charge in [-0.2, -0.15) is 0 Å². The Balaban J connectivity index is 0.00000182. The Morgan fingerprint density at radius 3 is 2.30 bits per heavy atom. The number of benzene rings is 1. The summed E-state index contributed by atoms with van der Waals surface area (Å²) >= 11 is 0. The molecule has 0 aliphatic carbocycles. The number of nitrogens with one attached hydrogen (secondary N) is 2. The van der Waals surface area contributed by atoms with Crippen molar-refractivity contribution in [3.8, 4) is 0 Å². The van der Waals surface area contributed by atoms with Gasteiger partial charge in [-0.1, -0.05) is 24.3 Å². The number of carbonyl (C=O) groups is 1. The summed E-state index contributed by atoms with van der Waals surface area (Å²) < 4.78 is 0. The fourth-order valence-electron chi connectivity index (χ4n) is 3.86. The second-order valence-corrected chi connectivity index (χ2v) is 7.44. The summed E-state index contributed by atoms with van der Waals surface area (Å²) in [6, 6.07) is 9.20. The van der Waals surface area contributed by atoms with Gasteiger partial charge in [-0.3, -0.25) is 14.6 Å². The second kappa shape index (κ2) is 12.6. The van der Waals surface area contributed by atoms with Crippen LogP contribution in [0.1, 0.15) is 36.8 Å². The third kappa shape index (κ3) is 7.96. The van der Waals surface area contributed by atoms with Crippen LogP contribution in [-0.2, 0) is 17.9 Å². The van der Waals surface area contributed by atoms with Gasteiger partial charge < -0.3 is 10.6 Å². The van der Waals surface area contributed by atoms with Gasteiger partial charge in [0.1, 0.15) is 0 Å². The molecular weight excluding hydrogens is 383 g/mol. The summed E-state index contributed by atoms with van der Waals surface area (Å²) in [6.07, 6.45) is 5.03. The van der Waals surface area contributed by atoms with Gasteiger partial charge in [0.15, 0.2) is 0 Å². The summed E-state index contributed by atoms with van der Waals surface area (Å²) in [7, 11) is 2.00. The standard InChI is InChI=1S/C20H32N4O.2ClH/c1-21-19-5-4-12-24(15-19)16-20(25)22-13-17-6-8-18(9-7-17)14-23-10-2-3-11-23;;/h6-9,19,21H,2-5,10-16H2,1H3,(H,22,25);2*1H. The van der Waals surface area contributed by atoms with Crippen molar-refractivity contribution in [2.24, 2.45) is 0 Å². The van der Waals surface area contributed by atoms with Crippen LogP contribution in [0.2, 0.25) is 0 Å². The zero-order chi connectivity index (χ0) is 17.5. The number of carbonyl (C=O) groups excluding carboxylic acids is 1. The molecule has 154 valence electrons. The molecule has 2 saturated heterocycles. The molecule has 2 aliphatic heterocycles. The second-order valence-electron chi connectivity index (χ2n) is 7.44. The van der Waals surface area contributed by atoms with Crippen LogP contribution in [0.3, 0.4) is 0 Å². The number of nitrogens with zero attached hydrogens (tertiary/aromatic N) is 2. The van der Waals surface area contributed by atoms with Gasteiger partial charge in [-0.25, -0.2) is 0 Å². The van der Waals surface area contributed by atoms with Gasteiger partial charge in [0, 0.05) is 25.7 Å². The van der Waals surface area contributed by atoms with Crippen LogP contribution in [-0.4, -0.2) is 61.5 Å². The fourth-order valence-corrected chi connectivity index (χ4v) is 3.86. The molecule has 1 unspecified atom stereocenters. The highest BCUT2D eigenvalue weighted by atomic mass is 35.5. The minimum Gasteiger partial charge on any atom is -0.351 e. The van der Waals surface area contributed by atoms with Crippen molar-refractivity contribution in [2.75, 3.05) is 39.8 Å². The number of hydrogen-bond acceptors (Lipinski definition) is 4. The molecule has 1 atom stereocenters. The van der Waals surface area contributed by atoms with Crippen LogP contribution in [0, 0.1) is 0 Å². The van der Waals surface area contributed by atoms with E-state index >= 15 is 0 Å². The molecule has 0 spiro atoms. The molecule has 5 nitrogen and oxygen atoms in total. The van der Waals surface area contributed by atoms with Crippen LogP contribution < -0.4 is 10.6 Å². The Bertz CT molecular complexity index is 549. The number of hydrogen-bond donors (Lipinski definition) is 2. The predicted molar refractivity (Wildman–Crippen MR) is 116 cm³/mol. The first-order valence-electron chi connectivity index (χ1n) is 9.69. The van der Waals surface area contributed by atoms with E-state index in [-0.39, 0.29) is 30.7 Å². The number of likely N-dealkylation sites (N-methyl/N-ethyl adjacent to an activating group) is 1. The lowest BCUT2D eigenvalue weighted by Crippen LogP contribution is -2.47. The van der Waals surface area contributed by atoms with E-state index in [1.165, 1.54) is 43.5 Å².